The number of amides is 2. The van der Waals surface area contributed by atoms with E-state index in [9.17, 15) is 9.59 Å². The van der Waals surface area contributed by atoms with Gasteiger partial charge in [0.2, 0.25) is 11.8 Å². The Bertz CT molecular complexity index is 733. The number of benzene rings is 1. The molecule has 5 heteroatoms. The molecular formula is C23H33N3O2. The van der Waals surface area contributed by atoms with Crippen LogP contribution in [-0.4, -0.2) is 60.4 Å². The van der Waals surface area contributed by atoms with Gasteiger partial charge in [-0.15, -0.1) is 0 Å². The SMILES string of the molecule is Cc1cccc(N2CCN(C(=O)C3CC(=O)N(C4CCCCC4)C3)CC2)c1C. The molecule has 1 aromatic carbocycles. The number of rotatable bonds is 3. The van der Waals surface area contributed by atoms with Crippen LogP contribution in [0.25, 0.3) is 0 Å². The Morgan fingerprint density at radius 3 is 2.43 bits per heavy atom. The van der Waals surface area contributed by atoms with Gasteiger partial charge in [-0.3, -0.25) is 9.59 Å². The zero-order valence-corrected chi connectivity index (χ0v) is 17.3. The number of carbonyl (C=O) groups excluding carboxylic acids is 2. The highest BCUT2D eigenvalue weighted by molar-refractivity contribution is 5.89. The first-order valence-electron chi connectivity index (χ1n) is 10.9. The summed E-state index contributed by atoms with van der Waals surface area (Å²) in [5.41, 5.74) is 3.92. The predicted molar refractivity (Wildman–Crippen MR) is 111 cm³/mol. The van der Waals surface area contributed by atoms with Crippen molar-refractivity contribution in [1.29, 1.82) is 0 Å². The Balaban J connectivity index is 1.34. The molecule has 2 amide bonds. The molecule has 0 radical (unpaired) electrons. The Labute approximate surface area is 168 Å². The van der Waals surface area contributed by atoms with E-state index in [1.54, 1.807) is 0 Å². The van der Waals surface area contributed by atoms with Crippen LogP contribution in [0.5, 0.6) is 0 Å². The summed E-state index contributed by atoms with van der Waals surface area (Å²) in [6.07, 6.45) is 6.35. The van der Waals surface area contributed by atoms with Crippen molar-refractivity contribution >= 4 is 17.5 Å². The third kappa shape index (κ3) is 3.76. The van der Waals surface area contributed by atoms with E-state index in [-0.39, 0.29) is 17.7 Å². The summed E-state index contributed by atoms with van der Waals surface area (Å²) >= 11 is 0. The van der Waals surface area contributed by atoms with Crippen LogP contribution >= 0.6 is 0 Å². The van der Waals surface area contributed by atoms with Crippen LogP contribution < -0.4 is 4.90 Å². The molecule has 4 rings (SSSR count). The van der Waals surface area contributed by atoms with Gasteiger partial charge < -0.3 is 14.7 Å². The van der Waals surface area contributed by atoms with Gasteiger partial charge >= 0.3 is 0 Å². The van der Waals surface area contributed by atoms with Crippen molar-refractivity contribution in [3.8, 4) is 0 Å². The third-order valence-corrected chi connectivity index (χ3v) is 7.03. The van der Waals surface area contributed by atoms with Crippen molar-refractivity contribution in [1.82, 2.24) is 9.80 Å². The number of likely N-dealkylation sites (tertiary alicyclic amines) is 1. The lowest BCUT2D eigenvalue weighted by atomic mass is 9.94. The van der Waals surface area contributed by atoms with Gasteiger partial charge in [0.25, 0.3) is 0 Å². The number of aryl methyl sites for hydroxylation is 1. The van der Waals surface area contributed by atoms with E-state index in [0.29, 0.717) is 19.0 Å². The summed E-state index contributed by atoms with van der Waals surface area (Å²) in [6, 6.07) is 6.81. The maximum Gasteiger partial charge on any atom is 0.228 e. The van der Waals surface area contributed by atoms with Crippen LogP contribution in [0.3, 0.4) is 0 Å². The van der Waals surface area contributed by atoms with E-state index in [2.05, 4.69) is 36.9 Å². The van der Waals surface area contributed by atoms with Gasteiger partial charge in [0.05, 0.1) is 5.92 Å². The highest BCUT2D eigenvalue weighted by Gasteiger charge is 2.40. The minimum Gasteiger partial charge on any atom is -0.368 e. The van der Waals surface area contributed by atoms with Crippen LogP contribution in [0.2, 0.25) is 0 Å². The molecule has 2 heterocycles. The number of hydrogen-bond acceptors (Lipinski definition) is 3. The van der Waals surface area contributed by atoms with Crippen molar-refractivity contribution in [2.45, 2.75) is 58.4 Å². The lowest BCUT2D eigenvalue weighted by Crippen LogP contribution is -2.51. The zero-order chi connectivity index (χ0) is 19.7. The Hall–Kier alpha value is -2.04. The van der Waals surface area contributed by atoms with Crippen molar-refractivity contribution in [3.05, 3.63) is 29.3 Å². The standard InChI is InChI=1S/C23H33N3O2/c1-17-7-6-10-21(18(17)2)24-11-13-25(14-12-24)23(28)19-15-22(27)26(16-19)20-8-4-3-5-9-20/h6-7,10,19-20H,3-5,8-9,11-16H2,1-2H3. The second kappa shape index (κ2) is 8.14. The molecule has 1 aliphatic carbocycles. The number of hydrogen-bond donors (Lipinski definition) is 0. The Morgan fingerprint density at radius 1 is 1.00 bits per heavy atom. The van der Waals surface area contributed by atoms with Gasteiger partial charge in [0, 0.05) is 50.9 Å². The number of piperazine rings is 1. The van der Waals surface area contributed by atoms with Crippen LogP contribution in [0.15, 0.2) is 18.2 Å². The molecule has 152 valence electrons. The molecule has 3 aliphatic rings. The van der Waals surface area contributed by atoms with E-state index in [1.165, 1.54) is 36.1 Å². The van der Waals surface area contributed by atoms with Crippen LogP contribution in [-0.2, 0) is 9.59 Å². The third-order valence-electron chi connectivity index (χ3n) is 7.03. The summed E-state index contributed by atoms with van der Waals surface area (Å²) in [7, 11) is 0. The lowest BCUT2D eigenvalue weighted by molar-refractivity contribution is -0.136. The smallest absolute Gasteiger partial charge is 0.228 e. The highest BCUT2D eigenvalue weighted by atomic mass is 16.2. The quantitative estimate of drug-likeness (QED) is 0.805. The first kappa shape index (κ1) is 19.3. The van der Waals surface area contributed by atoms with E-state index in [4.69, 9.17) is 0 Å². The fourth-order valence-corrected chi connectivity index (χ4v) is 5.15. The number of carbonyl (C=O) groups is 2. The van der Waals surface area contributed by atoms with Crippen LogP contribution in [0.1, 0.15) is 49.7 Å². The molecule has 0 aromatic heterocycles. The minimum atomic E-state index is -0.137. The van der Waals surface area contributed by atoms with E-state index in [0.717, 1.165) is 39.0 Å². The van der Waals surface area contributed by atoms with E-state index < -0.39 is 0 Å². The molecule has 0 bridgehead atoms. The molecule has 1 saturated carbocycles. The molecule has 1 unspecified atom stereocenters. The van der Waals surface area contributed by atoms with Crippen molar-refractivity contribution < 1.29 is 9.59 Å². The fourth-order valence-electron chi connectivity index (χ4n) is 5.15. The van der Waals surface area contributed by atoms with Gasteiger partial charge in [0.1, 0.15) is 0 Å². The van der Waals surface area contributed by atoms with Crippen molar-refractivity contribution in [2.75, 3.05) is 37.6 Å². The van der Waals surface area contributed by atoms with Crippen LogP contribution in [0, 0.1) is 19.8 Å². The second-order valence-corrected chi connectivity index (χ2v) is 8.77. The van der Waals surface area contributed by atoms with E-state index >= 15 is 0 Å². The first-order chi connectivity index (χ1) is 13.5. The zero-order valence-electron chi connectivity index (χ0n) is 17.3. The summed E-state index contributed by atoms with van der Waals surface area (Å²) in [5.74, 6) is 0.244. The average molecular weight is 384 g/mol. The molecule has 0 spiro atoms. The Kier molecular flexibility index (Phi) is 5.61. The van der Waals surface area contributed by atoms with Gasteiger partial charge in [-0.25, -0.2) is 0 Å². The van der Waals surface area contributed by atoms with Gasteiger partial charge in [-0.05, 0) is 43.9 Å². The van der Waals surface area contributed by atoms with E-state index in [1.807, 2.05) is 9.80 Å². The topological polar surface area (TPSA) is 43.9 Å². The molecule has 5 nitrogen and oxygen atoms in total. The second-order valence-electron chi connectivity index (χ2n) is 8.77. The largest absolute Gasteiger partial charge is 0.368 e. The molecule has 1 atom stereocenters. The first-order valence-corrected chi connectivity index (χ1v) is 10.9. The molecule has 2 saturated heterocycles. The fraction of sp³-hybridized carbons (Fsp3) is 0.652. The van der Waals surface area contributed by atoms with Crippen LogP contribution in [0.4, 0.5) is 5.69 Å². The molecule has 0 N–H and O–H groups in total. The maximum absolute atomic E-state index is 13.1. The summed E-state index contributed by atoms with van der Waals surface area (Å²) in [4.78, 5) is 32.0. The molecule has 3 fully saturated rings. The minimum absolute atomic E-state index is 0.137. The predicted octanol–water partition coefficient (Wildman–Crippen LogP) is 3.13. The average Bonchev–Trinajstić information content (AvgIpc) is 3.12. The summed E-state index contributed by atoms with van der Waals surface area (Å²) < 4.78 is 0. The number of anilines is 1. The lowest BCUT2D eigenvalue weighted by Gasteiger charge is -2.38. The Morgan fingerprint density at radius 2 is 1.71 bits per heavy atom. The summed E-state index contributed by atoms with van der Waals surface area (Å²) in [5, 5.41) is 0. The van der Waals surface area contributed by atoms with Gasteiger partial charge in [-0.2, -0.15) is 0 Å². The number of nitrogens with zero attached hydrogens (tertiary/aromatic N) is 3. The highest BCUT2D eigenvalue weighted by Crippen LogP contribution is 2.30. The van der Waals surface area contributed by atoms with Gasteiger partial charge in [-0.1, -0.05) is 31.4 Å². The molecular weight excluding hydrogens is 350 g/mol. The van der Waals surface area contributed by atoms with Crippen molar-refractivity contribution in [3.63, 3.8) is 0 Å². The monoisotopic (exact) mass is 383 g/mol. The molecule has 1 aromatic rings. The molecule has 28 heavy (non-hydrogen) atoms. The molecule has 2 aliphatic heterocycles. The normalized spacial score (nSPS) is 24.1. The van der Waals surface area contributed by atoms with Crippen molar-refractivity contribution in [2.24, 2.45) is 5.92 Å². The van der Waals surface area contributed by atoms with Gasteiger partial charge in [0.15, 0.2) is 0 Å². The maximum atomic E-state index is 13.1. The summed E-state index contributed by atoms with van der Waals surface area (Å²) in [6.45, 7) is 8.19.